The normalized spacial score (nSPS) is 10.9. The standard InChI is InChI=1S/C22H26N4O3/c1-4-28-18-10-14(9-16-12-25-22(24)26-21(16)23)11-19(29-13(2)3)20(18)15-5-7-17(27)8-6-15/h5-8,10-13,27H,4,9H2,1-3H3,(H4,23,24,25,26). The van der Waals surface area contributed by atoms with E-state index in [9.17, 15) is 5.11 Å². The van der Waals surface area contributed by atoms with E-state index in [0.717, 1.165) is 22.3 Å². The maximum Gasteiger partial charge on any atom is 0.221 e. The summed E-state index contributed by atoms with van der Waals surface area (Å²) in [6.45, 7) is 6.38. The summed E-state index contributed by atoms with van der Waals surface area (Å²) >= 11 is 0. The number of aromatic nitrogens is 2. The first-order valence-corrected chi connectivity index (χ1v) is 9.50. The molecule has 7 heteroatoms. The SMILES string of the molecule is CCOc1cc(Cc2cnc(N)nc2N)cc(OC(C)C)c1-c1ccc(O)cc1. The van der Waals surface area contributed by atoms with Crippen LogP contribution in [-0.4, -0.2) is 27.8 Å². The molecule has 29 heavy (non-hydrogen) atoms. The molecule has 1 aromatic heterocycles. The van der Waals surface area contributed by atoms with Crippen LogP contribution >= 0.6 is 0 Å². The molecule has 3 aromatic rings. The van der Waals surface area contributed by atoms with E-state index in [4.69, 9.17) is 20.9 Å². The van der Waals surface area contributed by atoms with E-state index in [1.54, 1.807) is 18.3 Å². The number of hydrogen-bond donors (Lipinski definition) is 3. The fraction of sp³-hybridized carbons (Fsp3) is 0.273. The topological polar surface area (TPSA) is 117 Å². The van der Waals surface area contributed by atoms with E-state index in [1.807, 2.05) is 45.0 Å². The van der Waals surface area contributed by atoms with Gasteiger partial charge in [-0.25, -0.2) is 4.98 Å². The van der Waals surface area contributed by atoms with Crippen LogP contribution in [-0.2, 0) is 6.42 Å². The first-order chi connectivity index (χ1) is 13.9. The van der Waals surface area contributed by atoms with E-state index in [-0.39, 0.29) is 17.8 Å². The van der Waals surface area contributed by atoms with Crippen LogP contribution in [0.2, 0.25) is 0 Å². The molecule has 7 nitrogen and oxygen atoms in total. The third-order valence-electron chi connectivity index (χ3n) is 4.26. The maximum absolute atomic E-state index is 9.65. The third kappa shape index (κ3) is 4.87. The number of phenolic OH excluding ortho intramolecular Hbond substituents is 1. The number of nitrogen functional groups attached to an aromatic ring is 2. The number of phenols is 1. The molecule has 0 aliphatic rings. The molecular formula is C22H26N4O3. The van der Waals surface area contributed by atoms with Gasteiger partial charge in [0.1, 0.15) is 23.1 Å². The van der Waals surface area contributed by atoms with Gasteiger partial charge in [0.15, 0.2) is 0 Å². The predicted molar refractivity (Wildman–Crippen MR) is 114 cm³/mol. The number of nitrogens with zero attached hydrogens (tertiary/aromatic N) is 2. The molecule has 5 N–H and O–H groups in total. The summed E-state index contributed by atoms with van der Waals surface area (Å²) in [5.41, 5.74) is 15.1. The van der Waals surface area contributed by atoms with Crippen LogP contribution in [0.4, 0.5) is 11.8 Å². The lowest BCUT2D eigenvalue weighted by Crippen LogP contribution is -2.09. The molecule has 0 atom stereocenters. The average molecular weight is 394 g/mol. The predicted octanol–water partition coefficient (Wildman–Crippen LogP) is 3.79. The monoisotopic (exact) mass is 394 g/mol. The number of rotatable bonds is 7. The number of nitrogens with two attached hydrogens (primary N) is 2. The van der Waals surface area contributed by atoms with Crippen molar-refractivity contribution >= 4 is 11.8 Å². The fourth-order valence-corrected chi connectivity index (χ4v) is 3.07. The molecule has 0 bridgehead atoms. The van der Waals surface area contributed by atoms with E-state index < -0.39 is 0 Å². The van der Waals surface area contributed by atoms with Crippen LogP contribution in [0.15, 0.2) is 42.6 Å². The number of aromatic hydroxyl groups is 1. The van der Waals surface area contributed by atoms with Crippen molar-refractivity contribution in [1.29, 1.82) is 0 Å². The van der Waals surface area contributed by atoms with Gasteiger partial charge in [-0.15, -0.1) is 0 Å². The summed E-state index contributed by atoms with van der Waals surface area (Å²) < 4.78 is 12.1. The lowest BCUT2D eigenvalue weighted by Gasteiger charge is -2.20. The van der Waals surface area contributed by atoms with Gasteiger partial charge in [0.25, 0.3) is 0 Å². The first-order valence-electron chi connectivity index (χ1n) is 9.50. The van der Waals surface area contributed by atoms with E-state index in [1.165, 1.54) is 0 Å². The second-order valence-corrected chi connectivity index (χ2v) is 6.93. The summed E-state index contributed by atoms with van der Waals surface area (Å²) in [4.78, 5) is 8.07. The van der Waals surface area contributed by atoms with Gasteiger partial charge in [-0.1, -0.05) is 12.1 Å². The number of anilines is 2. The van der Waals surface area contributed by atoms with Crippen molar-refractivity contribution in [2.45, 2.75) is 33.3 Å². The molecule has 152 valence electrons. The van der Waals surface area contributed by atoms with Gasteiger partial charge < -0.3 is 26.0 Å². The Hall–Kier alpha value is -3.48. The molecule has 0 unspecified atom stereocenters. The summed E-state index contributed by atoms with van der Waals surface area (Å²) in [6, 6.07) is 10.9. The molecule has 0 aliphatic heterocycles. The number of hydrogen-bond acceptors (Lipinski definition) is 7. The largest absolute Gasteiger partial charge is 0.508 e. The second kappa shape index (κ2) is 8.68. The molecule has 0 amide bonds. The summed E-state index contributed by atoms with van der Waals surface area (Å²) in [6.07, 6.45) is 2.12. The molecular weight excluding hydrogens is 368 g/mol. The minimum absolute atomic E-state index is 0.0273. The van der Waals surface area contributed by atoms with E-state index in [2.05, 4.69) is 9.97 Å². The van der Waals surface area contributed by atoms with E-state index >= 15 is 0 Å². The van der Waals surface area contributed by atoms with Gasteiger partial charge in [0, 0.05) is 18.2 Å². The van der Waals surface area contributed by atoms with Gasteiger partial charge in [0.2, 0.25) is 5.95 Å². The Balaban J connectivity index is 2.11. The molecule has 1 heterocycles. The highest BCUT2D eigenvalue weighted by atomic mass is 16.5. The quantitative estimate of drug-likeness (QED) is 0.558. The van der Waals surface area contributed by atoms with Crippen LogP contribution in [0, 0.1) is 0 Å². The van der Waals surface area contributed by atoms with Crippen molar-refractivity contribution in [3.63, 3.8) is 0 Å². The van der Waals surface area contributed by atoms with Crippen molar-refractivity contribution in [2.75, 3.05) is 18.1 Å². The van der Waals surface area contributed by atoms with Crippen LogP contribution in [0.3, 0.4) is 0 Å². The first kappa shape index (κ1) is 20.3. The van der Waals surface area contributed by atoms with Crippen LogP contribution in [0.5, 0.6) is 17.2 Å². The summed E-state index contributed by atoms with van der Waals surface area (Å²) in [7, 11) is 0. The summed E-state index contributed by atoms with van der Waals surface area (Å²) in [5.74, 6) is 2.09. The molecule has 0 aliphatic carbocycles. The molecule has 0 radical (unpaired) electrons. The highest BCUT2D eigenvalue weighted by Gasteiger charge is 2.18. The number of benzene rings is 2. The highest BCUT2D eigenvalue weighted by Crippen LogP contribution is 2.41. The van der Waals surface area contributed by atoms with Crippen LogP contribution < -0.4 is 20.9 Å². The smallest absolute Gasteiger partial charge is 0.221 e. The van der Waals surface area contributed by atoms with E-state index in [0.29, 0.717) is 30.3 Å². The van der Waals surface area contributed by atoms with Crippen molar-refractivity contribution in [1.82, 2.24) is 9.97 Å². The molecule has 0 saturated carbocycles. The van der Waals surface area contributed by atoms with Crippen LogP contribution in [0.25, 0.3) is 11.1 Å². The van der Waals surface area contributed by atoms with Gasteiger partial charge in [0.05, 0.1) is 18.3 Å². The lowest BCUT2D eigenvalue weighted by molar-refractivity contribution is 0.241. The minimum atomic E-state index is -0.0273. The Morgan fingerprint density at radius 3 is 2.38 bits per heavy atom. The van der Waals surface area contributed by atoms with Gasteiger partial charge in [-0.2, -0.15) is 4.98 Å². The van der Waals surface area contributed by atoms with Gasteiger partial charge in [-0.3, -0.25) is 0 Å². The second-order valence-electron chi connectivity index (χ2n) is 6.93. The highest BCUT2D eigenvalue weighted by molar-refractivity contribution is 5.78. The Labute approximate surface area is 170 Å². The number of ether oxygens (including phenoxy) is 2. The van der Waals surface area contributed by atoms with Crippen molar-refractivity contribution in [2.24, 2.45) is 0 Å². The Bertz CT molecular complexity index is 988. The van der Waals surface area contributed by atoms with Crippen molar-refractivity contribution in [3.8, 4) is 28.4 Å². The Morgan fingerprint density at radius 1 is 1.07 bits per heavy atom. The average Bonchev–Trinajstić information content (AvgIpc) is 2.65. The van der Waals surface area contributed by atoms with Gasteiger partial charge >= 0.3 is 0 Å². The zero-order valence-corrected chi connectivity index (χ0v) is 16.8. The third-order valence-corrected chi connectivity index (χ3v) is 4.26. The lowest BCUT2D eigenvalue weighted by atomic mass is 9.98. The Morgan fingerprint density at radius 2 is 1.76 bits per heavy atom. The molecule has 0 fully saturated rings. The maximum atomic E-state index is 9.65. The molecule has 0 saturated heterocycles. The van der Waals surface area contributed by atoms with Crippen molar-refractivity contribution < 1.29 is 14.6 Å². The van der Waals surface area contributed by atoms with Crippen molar-refractivity contribution in [3.05, 3.63) is 53.7 Å². The molecule has 2 aromatic carbocycles. The minimum Gasteiger partial charge on any atom is -0.508 e. The zero-order valence-electron chi connectivity index (χ0n) is 16.8. The van der Waals surface area contributed by atoms with Crippen LogP contribution in [0.1, 0.15) is 31.9 Å². The molecule has 3 rings (SSSR count). The van der Waals surface area contributed by atoms with Gasteiger partial charge in [-0.05, 0) is 56.2 Å². The molecule has 0 spiro atoms. The Kier molecular flexibility index (Phi) is 6.07. The summed E-state index contributed by atoms with van der Waals surface area (Å²) in [5, 5.41) is 9.65. The zero-order chi connectivity index (χ0) is 21.0. The fourth-order valence-electron chi connectivity index (χ4n) is 3.07.